The third-order valence-corrected chi connectivity index (χ3v) is 1.90. The Morgan fingerprint density at radius 2 is 2.58 bits per heavy atom. The van der Waals surface area contributed by atoms with Gasteiger partial charge in [-0.25, -0.2) is 0 Å². The van der Waals surface area contributed by atoms with Gasteiger partial charge in [-0.3, -0.25) is 4.79 Å². The summed E-state index contributed by atoms with van der Waals surface area (Å²) in [5.74, 6) is 0.0292. The Morgan fingerprint density at radius 3 is 3.17 bits per heavy atom. The molecule has 1 aliphatic rings. The monoisotopic (exact) mass is 170 g/mol. The minimum atomic E-state index is -0.120. The first kappa shape index (κ1) is 9.22. The molecule has 1 amide bonds. The molecule has 0 saturated heterocycles. The molecule has 4 nitrogen and oxygen atoms in total. The van der Waals surface area contributed by atoms with Crippen LogP contribution in [-0.2, 0) is 4.79 Å². The summed E-state index contributed by atoms with van der Waals surface area (Å²) < 4.78 is 0. The molecule has 0 aromatic heterocycles. The van der Waals surface area contributed by atoms with E-state index in [2.05, 4.69) is 5.32 Å². The third kappa shape index (κ3) is 1.84. The Hall–Kier alpha value is -0.870. The molecule has 12 heavy (non-hydrogen) atoms. The molecule has 1 atom stereocenters. The number of aliphatic hydroxyl groups excluding tert-OH is 1. The smallest absolute Gasteiger partial charge is 0.237 e. The van der Waals surface area contributed by atoms with Crippen molar-refractivity contribution in [3.8, 4) is 0 Å². The highest BCUT2D eigenvalue weighted by Gasteiger charge is 2.22. The van der Waals surface area contributed by atoms with Gasteiger partial charge in [-0.05, 0) is 7.05 Å². The van der Waals surface area contributed by atoms with Crippen LogP contribution < -0.4 is 5.32 Å². The van der Waals surface area contributed by atoms with Crippen molar-refractivity contribution < 1.29 is 9.90 Å². The van der Waals surface area contributed by atoms with Crippen LogP contribution in [0.4, 0.5) is 0 Å². The Morgan fingerprint density at radius 1 is 1.83 bits per heavy atom. The maximum Gasteiger partial charge on any atom is 0.237 e. The fraction of sp³-hybridized carbons (Fsp3) is 0.625. The lowest BCUT2D eigenvalue weighted by Crippen LogP contribution is -2.42. The van der Waals surface area contributed by atoms with Crippen LogP contribution in [-0.4, -0.2) is 48.7 Å². The van der Waals surface area contributed by atoms with Crippen molar-refractivity contribution in [2.24, 2.45) is 0 Å². The first-order valence-corrected chi connectivity index (χ1v) is 4.01. The molecular weight excluding hydrogens is 156 g/mol. The summed E-state index contributed by atoms with van der Waals surface area (Å²) in [6.07, 6.45) is 3.75. The Kier molecular flexibility index (Phi) is 3.25. The van der Waals surface area contributed by atoms with Crippen molar-refractivity contribution in [2.45, 2.75) is 6.04 Å². The predicted octanol–water partition coefficient (Wildman–Crippen LogP) is -1.03. The van der Waals surface area contributed by atoms with E-state index in [1.54, 1.807) is 11.9 Å². The zero-order valence-corrected chi connectivity index (χ0v) is 7.16. The minimum Gasteiger partial charge on any atom is -0.394 e. The summed E-state index contributed by atoms with van der Waals surface area (Å²) in [6, 6.07) is -0.120. The molecule has 0 aromatic carbocycles. The van der Waals surface area contributed by atoms with E-state index in [1.165, 1.54) is 0 Å². The van der Waals surface area contributed by atoms with E-state index >= 15 is 0 Å². The molecule has 0 aliphatic carbocycles. The highest BCUT2D eigenvalue weighted by atomic mass is 16.3. The molecule has 0 bridgehead atoms. The quantitative estimate of drug-likeness (QED) is 0.532. The normalized spacial score (nSPS) is 21.8. The van der Waals surface area contributed by atoms with Gasteiger partial charge < -0.3 is 15.3 Å². The molecule has 0 radical (unpaired) electrons. The van der Waals surface area contributed by atoms with Gasteiger partial charge in [0.2, 0.25) is 5.91 Å². The molecule has 0 aromatic rings. The van der Waals surface area contributed by atoms with Crippen molar-refractivity contribution >= 4 is 5.91 Å². The van der Waals surface area contributed by atoms with Gasteiger partial charge in [-0.2, -0.15) is 0 Å². The molecule has 0 spiro atoms. The second-order valence-corrected chi connectivity index (χ2v) is 2.75. The SMILES string of the molecule is CNCC(=O)N1CC=CC1CO. The molecule has 1 unspecified atom stereocenters. The largest absolute Gasteiger partial charge is 0.394 e. The topological polar surface area (TPSA) is 52.6 Å². The van der Waals surface area contributed by atoms with Crippen LogP contribution in [0.15, 0.2) is 12.2 Å². The molecular formula is C8H14N2O2. The van der Waals surface area contributed by atoms with E-state index in [0.29, 0.717) is 13.1 Å². The lowest BCUT2D eigenvalue weighted by molar-refractivity contribution is -0.131. The first-order valence-electron chi connectivity index (χ1n) is 4.01. The standard InChI is InChI=1S/C8H14N2O2/c1-9-5-8(12)10-4-2-3-7(10)6-11/h2-3,7,9,11H,4-6H2,1H3. The summed E-state index contributed by atoms with van der Waals surface area (Å²) >= 11 is 0. The van der Waals surface area contributed by atoms with Gasteiger partial charge in [0.15, 0.2) is 0 Å². The molecule has 0 saturated carbocycles. The molecule has 0 fully saturated rings. The van der Waals surface area contributed by atoms with Crippen LogP contribution >= 0.6 is 0 Å². The van der Waals surface area contributed by atoms with Crippen LogP contribution in [0.5, 0.6) is 0 Å². The van der Waals surface area contributed by atoms with E-state index in [4.69, 9.17) is 5.11 Å². The molecule has 2 N–H and O–H groups in total. The number of amides is 1. The van der Waals surface area contributed by atoms with Gasteiger partial charge in [-0.15, -0.1) is 0 Å². The number of carbonyl (C=O) groups is 1. The van der Waals surface area contributed by atoms with Gasteiger partial charge in [0.05, 0.1) is 19.2 Å². The van der Waals surface area contributed by atoms with E-state index in [0.717, 1.165) is 0 Å². The third-order valence-electron chi connectivity index (χ3n) is 1.90. The van der Waals surface area contributed by atoms with Gasteiger partial charge in [0.25, 0.3) is 0 Å². The van der Waals surface area contributed by atoms with Crippen molar-refractivity contribution in [3.05, 3.63) is 12.2 Å². The predicted molar refractivity (Wildman–Crippen MR) is 45.7 cm³/mol. The van der Waals surface area contributed by atoms with Crippen LogP contribution in [0.2, 0.25) is 0 Å². The van der Waals surface area contributed by atoms with E-state index < -0.39 is 0 Å². The van der Waals surface area contributed by atoms with E-state index in [1.807, 2.05) is 12.2 Å². The van der Waals surface area contributed by atoms with E-state index in [-0.39, 0.29) is 18.6 Å². The number of nitrogens with one attached hydrogen (secondary N) is 1. The zero-order chi connectivity index (χ0) is 8.97. The number of carbonyl (C=O) groups excluding carboxylic acids is 1. The van der Waals surface area contributed by atoms with Gasteiger partial charge in [0, 0.05) is 6.54 Å². The fourth-order valence-corrected chi connectivity index (χ4v) is 1.27. The number of likely N-dealkylation sites (N-methyl/N-ethyl adjacent to an activating group) is 1. The molecule has 1 heterocycles. The molecule has 4 heteroatoms. The van der Waals surface area contributed by atoms with Crippen molar-refractivity contribution in [1.29, 1.82) is 0 Å². The number of hydrogen-bond acceptors (Lipinski definition) is 3. The van der Waals surface area contributed by atoms with Crippen molar-refractivity contribution in [1.82, 2.24) is 10.2 Å². The first-order chi connectivity index (χ1) is 5.79. The number of nitrogens with zero attached hydrogens (tertiary/aromatic N) is 1. The molecule has 1 aliphatic heterocycles. The Bertz CT molecular complexity index is 191. The summed E-state index contributed by atoms with van der Waals surface area (Å²) in [5, 5.41) is 11.7. The van der Waals surface area contributed by atoms with Crippen molar-refractivity contribution in [2.75, 3.05) is 26.7 Å². The Labute approximate surface area is 71.9 Å². The van der Waals surface area contributed by atoms with Gasteiger partial charge in [-0.1, -0.05) is 12.2 Å². The summed E-state index contributed by atoms with van der Waals surface area (Å²) in [7, 11) is 1.73. The highest BCUT2D eigenvalue weighted by Crippen LogP contribution is 2.08. The number of rotatable bonds is 3. The van der Waals surface area contributed by atoms with Crippen LogP contribution in [0.1, 0.15) is 0 Å². The lowest BCUT2D eigenvalue weighted by Gasteiger charge is -2.22. The Balaban J connectivity index is 2.46. The maximum absolute atomic E-state index is 11.3. The molecule has 1 rings (SSSR count). The fourth-order valence-electron chi connectivity index (χ4n) is 1.27. The minimum absolute atomic E-state index is 0.00591. The van der Waals surface area contributed by atoms with Crippen LogP contribution in [0, 0.1) is 0 Å². The van der Waals surface area contributed by atoms with Gasteiger partial charge >= 0.3 is 0 Å². The van der Waals surface area contributed by atoms with Crippen LogP contribution in [0.3, 0.4) is 0 Å². The summed E-state index contributed by atoms with van der Waals surface area (Å²) in [5.41, 5.74) is 0. The van der Waals surface area contributed by atoms with Crippen molar-refractivity contribution in [3.63, 3.8) is 0 Å². The second kappa shape index (κ2) is 4.23. The van der Waals surface area contributed by atoms with E-state index in [9.17, 15) is 4.79 Å². The lowest BCUT2D eigenvalue weighted by atomic mass is 10.3. The zero-order valence-electron chi connectivity index (χ0n) is 7.16. The van der Waals surface area contributed by atoms with Gasteiger partial charge in [0.1, 0.15) is 0 Å². The van der Waals surface area contributed by atoms with Crippen LogP contribution in [0.25, 0.3) is 0 Å². The number of aliphatic hydroxyl groups is 1. The average molecular weight is 170 g/mol. The summed E-state index contributed by atoms with van der Waals surface area (Å²) in [4.78, 5) is 13.0. The number of hydrogen-bond donors (Lipinski definition) is 2. The average Bonchev–Trinajstić information content (AvgIpc) is 2.51. The summed E-state index contributed by atoms with van der Waals surface area (Å²) in [6.45, 7) is 0.954. The second-order valence-electron chi connectivity index (χ2n) is 2.75. The maximum atomic E-state index is 11.3. The highest BCUT2D eigenvalue weighted by molar-refractivity contribution is 5.79. The molecule has 68 valence electrons.